The Kier molecular flexibility index (Phi) is 2.52. The zero-order valence-electron chi connectivity index (χ0n) is 8.57. The lowest BCUT2D eigenvalue weighted by Crippen LogP contribution is -2.63. The fraction of sp³-hybridized carbons (Fsp3) is 0.636. The van der Waals surface area contributed by atoms with Crippen molar-refractivity contribution in [2.75, 3.05) is 33.0 Å². The van der Waals surface area contributed by atoms with E-state index in [4.69, 9.17) is 9.47 Å². The minimum absolute atomic E-state index is 0.175. The fourth-order valence-corrected chi connectivity index (χ4v) is 3.28. The van der Waals surface area contributed by atoms with Crippen molar-refractivity contribution >= 4 is 11.3 Å². The lowest BCUT2D eigenvalue weighted by atomic mass is 9.76. The molecule has 0 amide bonds. The van der Waals surface area contributed by atoms with Crippen molar-refractivity contribution < 1.29 is 9.47 Å². The number of ether oxygens (including phenoxy) is 2. The fourth-order valence-electron chi connectivity index (χ4n) is 2.32. The molecular formula is C11H15NO2S. The minimum atomic E-state index is 0.175. The molecule has 1 aromatic rings. The van der Waals surface area contributed by atoms with E-state index >= 15 is 0 Å². The van der Waals surface area contributed by atoms with Crippen LogP contribution in [0.3, 0.4) is 0 Å². The van der Waals surface area contributed by atoms with Gasteiger partial charge in [-0.25, -0.2) is 0 Å². The predicted molar refractivity (Wildman–Crippen MR) is 59.4 cm³/mol. The smallest absolute Gasteiger partial charge is 0.0689 e. The molecule has 3 rings (SSSR count). The topological polar surface area (TPSA) is 30.5 Å². The van der Waals surface area contributed by atoms with Crippen LogP contribution < -0.4 is 5.32 Å². The quantitative estimate of drug-likeness (QED) is 0.814. The minimum Gasteiger partial charge on any atom is -0.379 e. The number of morpholine rings is 1. The lowest BCUT2D eigenvalue weighted by molar-refractivity contribution is -0.0990. The number of rotatable bonds is 2. The van der Waals surface area contributed by atoms with Gasteiger partial charge in [0.15, 0.2) is 0 Å². The molecule has 3 nitrogen and oxygen atoms in total. The Morgan fingerprint density at radius 2 is 2.33 bits per heavy atom. The lowest BCUT2D eigenvalue weighted by Gasteiger charge is -2.48. The SMILES string of the molecule is c1csc(C2(C3COCCN3)COC2)c1. The molecule has 4 heteroatoms. The van der Waals surface area contributed by atoms with Gasteiger partial charge in [-0.3, -0.25) is 0 Å². The molecule has 1 unspecified atom stereocenters. The van der Waals surface area contributed by atoms with E-state index < -0.39 is 0 Å². The zero-order valence-corrected chi connectivity index (χ0v) is 9.39. The van der Waals surface area contributed by atoms with E-state index in [0.29, 0.717) is 6.04 Å². The van der Waals surface area contributed by atoms with Crippen LogP contribution in [0.4, 0.5) is 0 Å². The van der Waals surface area contributed by atoms with Crippen LogP contribution in [0.25, 0.3) is 0 Å². The molecule has 1 atom stereocenters. The molecule has 1 aromatic heterocycles. The standard InChI is InChI=1S/C11H15NO2S/c1-2-10(15-5-1)11(7-14-8-11)9-6-13-4-3-12-9/h1-2,5,9,12H,3-4,6-8H2. The summed E-state index contributed by atoms with van der Waals surface area (Å²) in [4.78, 5) is 1.43. The monoisotopic (exact) mass is 225 g/mol. The Hall–Kier alpha value is -0.420. The maximum absolute atomic E-state index is 5.55. The summed E-state index contributed by atoms with van der Waals surface area (Å²) in [5, 5.41) is 5.69. The van der Waals surface area contributed by atoms with E-state index in [1.54, 1.807) is 0 Å². The maximum Gasteiger partial charge on any atom is 0.0689 e. The highest BCUT2D eigenvalue weighted by Gasteiger charge is 2.48. The Morgan fingerprint density at radius 1 is 1.40 bits per heavy atom. The van der Waals surface area contributed by atoms with E-state index in [0.717, 1.165) is 33.0 Å². The van der Waals surface area contributed by atoms with Gasteiger partial charge in [0, 0.05) is 17.5 Å². The summed E-state index contributed by atoms with van der Waals surface area (Å²) in [6.07, 6.45) is 0. The van der Waals surface area contributed by atoms with E-state index in [1.165, 1.54) is 4.88 Å². The average molecular weight is 225 g/mol. The molecular weight excluding hydrogens is 210 g/mol. The third-order valence-electron chi connectivity index (χ3n) is 3.32. The predicted octanol–water partition coefficient (Wildman–Crippen LogP) is 1.00. The molecule has 0 saturated carbocycles. The van der Waals surface area contributed by atoms with Crippen LogP contribution in [0.1, 0.15) is 4.88 Å². The van der Waals surface area contributed by atoms with Crippen molar-refractivity contribution in [1.29, 1.82) is 0 Å². The van der Waals surface area contributed by atoms with Gasteiger partial charge in [0.1, 0.15) is 0 Å². The summed E-state index contributed by atoms with van der Waals surface area (Å²) in [5.41, 5.74) is 0.175. The third-order valence-corrected chi connectivity index (χ3v) is 4.41. The van der Waals surface area contributed by atoms with Crippen molar-refractivity contribution in [3.63, 3.8) is 0 Å². The first-order valence-corrected chi connectivity index (χ1v) is 6.23. The molecule has 0 radical (unpaired) electrons. The van der Waals surface area contributed by atoms with Crippen LogP contribution in [-0.4, -0.2) is 39.0 Å². The molecule has 2 saturated heterocycles. The number of nitrogens with one attached hydrogen (secondary N) is 1. The first kappa shape index (κ1) is 9.78. The number of hydrogen-bond acceptors (Lipinski definition) is 4. The second-order valence-corrected chi connectivity index (χ2v) is 5.16. The zero-order chi connectivity index (χ0) is 10.1. The summed E-state index contributed by atoms with van der Waals surface area (Å²) < 4.78 is 11.0. The van der Waals surface area contributed by atoms with E-state index in [2.05, 4.69) is 22.8 Å². The Bertz CT molecular complexity index is 315. The second-order valence-electron chi connectivity index (χ2n) is 4.21. The van der Waals surface area contributed by atoms with Crippen LogP contribution in [0.2, 0.25) is 0 Å². The van der Waals surface area contributed by atoms with E-state index in [1.807, 2.05) is 11.3 Å². The molecule has 0 aliphatic carbocycles. The summed E-state index contributed by atoms with van der Waals surface area (Å²) >= 11 is 1.82. The van der Waals surface area contributed by atoms with Crippen LogP contribution in [0.15, 0.2) is 17.5 Å². The van der Waals surface area contributed by atoms with Crippen molar-refractivity contribution in [2.24, 2.45) is 0 Å². The average Bonchev–Trinajstić information content (AvgIpc) is 2.72. The third kappa shape index (κ3) is 1.52. The van der Waals surface area contributed by atoms with Crippen molar-refractivity contribution in [1.82, 2.24) is 5.32 Å². The van der Waals surface area contributed by atoms with Gasteiger partial charge < -0.3 is 14.8 Å². The highest BCUT2D eigenvalue weighted by molar-refractivity contribution is 7.10. The molecule has 1 N–H and O–H groups in total. The molecule has 3 heterocycles. The molecule has 82 valence electrons. The van der Waals surface area contributed by atoms with Crippen LogP contribution >= 0.6 is 11.3 Å². The molecule has 0 aromatic carbocycles. The summed E-state index contributed by atoms with van der Waals surface area (Å²) in [7, 11) is 0. The Balaban J connectivity index is 1.85. The molecule has 0 bridgehead atoms. The molecule has 2 aliphatic heterocycles. The van der Waals surface area contributed by atoms with Gasteiger partial charge in [0.05, 0.1) is 31.8 Å². The first-order valence-electron chi connectivity index (χ1n) is 5.35. The normalized spacial score (nSPS) is 29.7. The van der Waals surface area contributed by atoms with Gasteiger partial charge in [-0.15, -0.1) is 11.3 Å². The highest BCUT2D eigenvalue weighted by Crippen LogP contribution is 2.38. The molecule has 15 heavy (non-hydrogen) atoms. The van der Waals surface area contributed by atoms with Gasteiger partial charge in [-0.2, -0.15) is 0 Å². The molecule has 0 spiro atoms. The van der Waals surface area contributed by atoms with Crippen molar-refractivity contribution in [2.45, 2.75) is 11.5 Å². The molecule has 2 fully saturated rings. The van der Waals surface area contributed by atoms with Gasteiger partial charge in [0.25, 0.3) is 0 Å². The van der Waals surface area contributed by atoms with Gasteiger partial charge in [0.2, 0.25) is 0 Å². The van der Waals surface area contributed by atoms with Crippen molar-refractivity contribution in [3.05, 3.63) is 22.4 Å². The summed E-state index contributed by atoms with van der Waals surface area (Å²) in [5.74, 6) is 0. The maximum atomic E-state index is 5.55. The Labute approximate surface area is 93.4 Å². The Morgan fingerprint density at radius 3 is 2.87 bits per heavy atom. The largest absolute Gasteiger partial charge is 0.379 e. The number of hydrogen-bond donors (Lipinski definition) is 1. The van der Waals surface area contributed by atoms with E-state index in [9.17, 15) is 0 Å². The number of thiophene rings is 1. The van der Waals surface area contributed by atoms with Gasteiger partial charge >= 0.3 is 0 Å². The molecule has 2 aliphatic rings. The first-order chi connectivity index (χ1) is 7.42. The van der Waals surface area contributed by atoms with E-state index in [-0.39, 0.29) is 5.41 Å². The second kappa shape index (κ2) is 3.87. The van der Waals surface area contributed by atoms with Crippen molar-refractivity contribution in [3.8, 4) is 0 Å². The van der Waals surface area contributed by atoms with Gasteiger partial charge in [-0.05, 0) is 11.4 Å². The van der Waals surface area contributed by atoms with Crippen LogP contribution in [-0.2, 0) is 14.9 Å². The summed E-state index contributed by atoms with van der Waals surface area (Å²) in [6, 6.07) is 4.74. The highest BCUT2D eigenvalue weighted by atomic mass is 32.1. The van der Waals surface area contributed by atoms with Crippen LogP contribution in [0.5, 0.6) is 0 Å². The van der Waals surface area contributed by atoms with Crippen LogP contribution in [0, 0.1) is 0 Å². The van der Waals surface area contributed by atoms with Gasteiger partial charge in [-0.1, -0.05) is 6.07 Å². The summed E-state index contributed by atoms with van der Waals surface area (Å²) in [6.45, 7) is 4.25.